The molecule has 1 fully saturated rings. The molecule has 0 atom stereocenters. The summed E-state index contributed by atoms with van der Waals surface area (Å²) in [5, 5.41) is 21.2. The number of aromatic carboxylic acids is 1. The highest BCUT2D eigenvalue weighted by molar-refractivity contribution is 5.88. The standard InChI is InChI=1S/C11H13FN2O3/c12-8-7(10(15)16)2-5-13-9(8)14-6-11(17)3-1-4-11/h2,5,17H,1,3-4,6H2,(H,13,14)(H,15,16). The number of nitrogens with one attached hydrogen (secondary N) is 1. The van der Waals surface area contributed by atoms with E-state index >= 15 is 0 Å². The SMILES string of the molecule is O=C(O)c1ccnc(NCC2(O)CCC2)c1F. The molecular weight excluding hydrogens is 227 g/mol. The van der Waals surface area contributed by atoms with Crippen molar-refractivity contribution >= 4 is 11.8 Å². The predicted octanol–water partition coefficient (Wildman–Crippen LogP) is 1.25. The normalized spacial score (nSPS) is 17.3. The van der Waals surface area contributed by atoms with E-state index in [2.05, 4.69) is 10.3 Å². The molecule has 0 radical (unpaired) electrons. The molecule has 1 aromatic rings. The van der Waals surface area contributed by atoms with Gasteiger partial charge in [0.1, 0.15) is 5.56 Å². The molecule has 0 amide bonds. The van der Waals surface area contributed by atoms with E-state index in [1.165, 1.54) is 6.20 Å². The largest absolute Gasteiger partial charge is 0.478 e. The number of aliphatic hydroxyl groups is 1. The average Bonchev–Trinajstić information content (AvgIpc) is 2.25. The molecule has 92 valence electrons. The Balaban J connectivity index is 2.10. The average molecular weight is 240 g/mol. The van der Waals surface area contributed by atoms with Gasteiger partial charge in [-0.25, -0.2) is 14.2 Å². The molecule has 1 aromatic heterocycles. The lowest BCUT2D eigenvalue weighted by atomic mass is 9.80. The first-order valence-electron chi connectivity index (χ1n) is 5.36. The molecule has 3 N–H and O–H groups in total. The van der Waals surface area contributed by atoms with Crippen LogP contribution in [-0.4, -0.2) is 33.3 Å². The number of carbonyl (C=O) groups is 1. The maximum atomic E-state index is 13.6. The number of aromatic nitrogens is 1. The van der Waals surface area contributed by atoms with Crippen LogP contribution in [0, 0.1) is 5.82 Å². The van der Waals surface area contributed by atoms with Crippen LogP contribution in [0.3, 0.4) is 0 Å². The van der Waals surface area contributed by atoms with E-state index in [0.717, 1.165) is 12.5 Å². The summed E-state index contributed by atoms with van der Waals surface area (Å²) < 4.78 is 13.6. The van der Waals surface area contributed by atoms with Crippen molar-refractivity contribution in [2.45, 2.75) is 24.9 Å². The number of hydrogen-bond acceptors (Lipinski definition) is 4. The Morgan fingerprint density at radius 3 is 2.82 bits per heavy atom. The number of carboxylic acid groups (broad SMARTS) is 1. The topological polar surface area (TPSA) is 82.5 Å². The van der Waals surface area contributed by atoms with Crippen LogP contribution in [0.25, 0.3) is 0 Å². The van der Waals surface area contributed by atoms with E-state index in [9.17, 15) is 14.3 Å². The second kappa shape index (κ2) is 4.29. The predicted molar refractivity (Wildman–Crippen MR) is 58.4 cm³/mol. The van der Waals surface area contributed by atoms with Crippen LogP contribution in [0.5, 0.6) is 0 Å². The van der Waals surface area contributed by atoms with E-state index in [4.69, 9.17) is 5.11 Å². The first-order chi connectivity index (χ1) is 8.02. The Morgan fingerprint density at radius 2 is 2.29 bits per heavy atom. The van der Waals surface area contributed by atoms with Crippen molar-refractivity contribution in [1.82, 2.24) is 4.98 Å². The maximum Gasteiger partial charge on any atom is 0.338 e. The zero-order chi connectivity index (χ0) is 12.5. The summed E-state index contributed by atoms with van der Waals surface area (Å²) in [5.41, 5.74) is -1.24. The Bertz CT molecular complexity index is 446. The van der Waals surface area contributed by atoms with E-state index in [0.29, 0.717) is 12.8 Å². The fraction of sp³-hybridized carbons (Fsp3) is 0.455. The number of nitrogens with zero attached hydrogens (tertiary/aromatic N) is 1. The van der Waals surface area contributed by atoms with Gasteiger partial charge in [-0.2, -0.15) is 0 Å². The lowest BCUT2D eigenvalue weighted by Crippen LogP contribution is -2.43. The molecule has 0 saturated heterocycles. The summed E-state index contributed by atoms with van der Waals surface area (Å²) in [7, 11) is 0. The molecule has 0 bridgehead atoms. The second-order valence-corrected chi connectivity index (χ2v) is 4.26. The van der Waals surface area contributed by atoms with Gasteiger partial charge in [-0.1, -0.05) is 0 Å². The van der Waals surface area contributed by atoms with Gasteiger partial charge >= 0.3 is 5.97 Å². The number of pyridine rings is 1. The number of halogens is 1. The molecule has 17 heavy (non-hydrogen) atoms. The third-order valence-corrected chi connectivity index (χ3v) is 2.99. The van der Waals surface area contributed by atoms with Gasteiger partial charge in [0.15, 0.2) is 11.6 Å². The summed E-state index contributed by atoms with van der Waals surface area (Å²) >= 11 is 0. The second-order valence-electron chi connectivity index (χ2n) is 4.26. The van der Waals surface area contributed by atoms with E-state index in [1.54, 1.807) is 0 Å². The lowest BCUT2D eigenvalue weighted by molar-refractivity contribution is -0.0203. The van der Waals surface area contributed by atoms with Crippen LogP contribution >= 0.6 is 0 Å². The van der Waals surface area contributed by atoms with Gasteiger partial charge in [0, 0.05) is 12.7 Å². The first kappa shape index (κ1) is 11.8. The van der Waals surface area contributed by atoms with Crippen LogP contribution in [0.1, 0.15) is 29.6 Å². The van der Waals surface area contributed by atoms with Gasteiger partial charge in [0.05, 0.1) is 5.60 Å². The monoisotopic (exact) mass is 240 g/mol. The van der Waals surface area contributed by atoms with Gasteiger partial charge in [-0.15, -0.1) is 0 Å². The first-order valence-corrected chi connectivity index (χ1v) is 5.36. The minimum absolute atomic E-state index is 0.134. The summed E-state index contributed by atoms with van der Waals surface area (Å²) in [4.78, 5) is 14.4. The van der Waals surface area contributed by atoms with E-state index < -0.39 is 23.0 Å². The molecular formula is C11H13FN2O3. The molecule has 1 aliphatic rings. The molecule has 0 aromatic carbocycles. The van der Waals surface area contributed by atoms with Gasteiger partial charge in [0.2, 0.25) is 0 Å². The third kappa shape index (κ3) is 2.36. The molecule has 6 heteroatoms. The van der Waals surface area contributed by atoms with Crippen molar-refractivity contribution in [3.05, 3.63) is 23.6 Å². The third-order valence-electron chi connectivity index (χ3n) is 2.99. The zero-order valence-electron chi connectivity index (χ0n) is 9.11. The van der Waals surface area contributed by atoms with Gasteiger partial charge < -0.3 is 15.5 Å². The zero-order valence-corrected chi connectivity index (χ0v) is 9.11. The van der Waals surface area contributed by atoms with E-state index in [-0.39, 0.29) is 12.4 Å². The molecule has 2 rings (SSSR count). The lowest BCUT2D eigenvalue weighted by Gasteiger charge is -2.36. The number of anilines is 1. The molecule has 5 nitrogen and oxygen atoms in total. The molecule has 0 aliphatic heterocycles. The highest BCUT2D eigenvalue weighted by Crippen LogP contribution is 2.31. The van der Waals surface area contributed by atoms with Gasteiger partial charge in [0.25, 0.3) is 0 Å². The molecule has 1 heterocycles. The fourth-order valence-corrected chi connectivity index (χ4v) is 1.74. The maximum absolute atomic E-state index is 13.6. The highest BCUT2D eigenvalue weighted by Gasteiger charge is 2.34. The summed E-state index contributed by atoms with van der Waals surface area (Å²) in [6.07, 6.45) is 3.50. The number of rotatable bonds is 4. The Kier molecular flexibility index (Phi) is 2.97. The van der Waals surface area contributed by atoms with Gasteiger partial charge in [-0.05, 0) is 25.3 Å². The van der Waals surface area contributed by atoms with Crippen LogP contribution < -0.4 is 5.32 Å². The van der Waals surface area contributed by atoms with Crippen molar-refractivity contribution in [3.8, 4) is 0 Å². The minimum atomic E-state index is -1.34. The quantitative estimate of drug-likeness (QED) is 0.737. The fourth-order valence-electron chi connectivity index (χ4n) is 1.74. The number of carboxylic acids is 1. The van der Waals surface area contributed by atoms with Crippen molar-refractivity contribution in [3.63, 3.8) is 0 Å². The smallest absolute Gasteiger partial charge is 0.338 e. The molecule has 0 spiro atoms. The molecule has 0 unspecified atom stereocenters. The van der Waals surface area contributed by atoms with Crippen molar-refractivity contribution < 1.29 is 19.4 Å². The Hall–Kier alpha value is -1.69. The van der Waals surface area contributed by atoms with Crippen molar-refractivity contribution in [2.75, 3.05) is 11.9 Å². The minimum Gasteiger partial charge on any atom is -0.478 e. The van der Waals surface area contributed by atoms with Crippen LogP contribution in [0.15, 0.2) is 12.3 Å². The Labute approximate surface area is 97.3 Å². The summed E-state index contributed by atoms with van der Waals surface area (Å²) in [6.45, 7) is 0.181. The van der Waals surface area contributed by atoms with Crippen molar-refractivity contribution in [1.29, 1.82) is 0 Å². The summed E-state index contributed by atoms with van der Waals surface area (Å²) in [5.74, 6) is -2.37. The van der Waals surface area contributed by atoms with Crippen molar-refractivity contribution in [2.24, 2.45) is 0 Å². The highest BCUT2D eigenvalue weighted by atomic mass is 19.1. The van der Waals surface area contributed by atoms with Crippen LogP contribution in [-0.2, 0) is 0 Å². The molecule has 1 aliphatic carbocycles. The van der Waals surface area contributed by atoms with E-state index in [1.807, 2.05) is 0 Å². The van der Waals surface area contributed by atoms with Crippen LogP contribution in [0.2, 0.25) is 0 Å². The molecule has 1 saturated carbocycles. The number of hydrogen-bond donors (Lipinski definition) is 3. The summed E-state index contributed by atoms with van der Waals surface area (Å²) in [6, 6.07) is 1.10. The Morgan fingerprint density at radius 1 is 1.59 bits per heavy atom. The van der Waals surface area contributed by atoms with Gasteiger partial charge in [-0.3, -0.25) is 0 Å². The van der Waals surface area contributed by atoms with Crippen LogP contribution in [0.4, 0.5) is 10.2 Å².